The van der Waals surface area contributed by atoms with Gasteiger partial charge in [0.25, 0.3) is 0 Å². The molecule has 0 amide bonds. The van der Waals surface area contributed by atoms with Gasteiger partial charge in [-0.3, -0.25) is 0 Å². The van der Waals surface area contributed by atoms with E-state index in [0.29, 0.717) is 11.5 Å². The van der Waals surface area contributed by atoms with Gasteiger partial charge in [-0.15, -0.1) is 0 Å². The third-order valence-corrected chi connectivity index (χ3v) is 2.10. The summed E-state index contributed by atoms with van der Waals surface area (Å²) in [5.41, 5.74) is 6.11. The summed E-state index contributed by atoms with van der Waals surface area (Å²) in [6, 6.07) is 0.479. The van der Waals surface area contributed by atoms with Gasteiger partial charge in [0.2, 0.25) is 0 Å². The van der Waals surface area contributed by atoms with E-state index in [1.807, 2.05) is 0 Å². The zero-order chi connectivity index (χ0) is 5.49. The number of nitrogens with two attached hydrogens (primary N) is 1. The van der Waals surface area contributed by atoms with E-state index < -0.39 is 0 Å². The first-order valence-electron chi connectivity index (χ1n) is 2.88. The van der Waals surface area contributed by atoms with Crippen LogP contribution in [0.3, 0.4) is 0 Å². The molecule has 1 nitrogen and oxygen atoms in total. The van der Waals surface area contributed by atoms with E-state index in [9.17, 15) is 0 Å². The normalized spacial score (nSPS) is 37.3. The highest BCUT2D eigenvalue weighted by Crippen LogP contribution is 2.37. The zero-order valence-corrected chi connectivity index (χ0v) is 5.07. The molecular formula is C6H13N. The molecular weight excluding hydrogens is 86.1 g/mol. The van der Waals surface area contributed by atoms with Crippen molar-refractivity contribution in [2.45, 2.75) is 32.7 Å². The van der Waals surface area contributed by atoms with Gasteiger partial charge in [-0.2, -0.15) is 0 Å². The molecule has 1 aliphatic rings. The first-order valence-corrected chi connectivity index (χ1v) is 2.88. The van der Waals surface area contributed by atoms with Crippen molar-refractivity contribution in [2.24, 2.45) is 11.1 Å². The number of rotatable bonds is 0. The molecule has 1 unspecified atom stereocenters. The standard InChI is InChI=1S/C6H13N/c1-6(2)4-3-5(6)7/h5H,3-4,7H2,1-2H3. The Morgan fingerprint density at radius 3 is 2.00 bits per heavy atom. The van der Waals surface area contributed by atoms with Crippen LogP contribution in [0.4, 0.5) is 0 Å². The lowest BCUT2D eigenvalue weighted by Crippen LogP contribution is -2.46. The molecule has 0 aromatic carbocycles. The lowest BCUT2D eigenvalue weighted by atomic mass is 9.68. The van der Waals surface area contributed by atoms with Crippen LogP contribution in [-0.4, -0.2) is 6.04 Å². The Morgan fingerprint density at radius 2 is 2.00 bits per heavy atom. The van der Waals surface area contributed by atoms with E-state index in [-0.39, 0.29) is 0 Å². The predicted octanol–water partition coefficient (Wildman–Crippen LogP) is 1.13. The first kappa shape index (κ1) is 5.10. The average Bonchev–Trinajstić information content (AvgIpc) is 1.63. The van der Waals surface area contributed by atoms with Crippen molar-refractivity contribution in [3.8, 4) is 0 Å². The number of hydrogen-bond acceptors (Lipinski definition) is 1. The van der Waals surface area contributed by atoms with Gasteiger partial charge in [-0.1, -0.05) is 13.8 Å². The Kier molecular flexibility index (Phi) is 0.890. The summed E-state index contributed by atoms with van der Waals surface area (Å²) < 4.78 is 0. The molecule has 0 heterocycles. The summed E-state index contributed by atoms with van der Waals surface area (Å²) in [4.78, 5) is 0. The lowest BCUT2D eigenvalue weighted by Gasteiger charge is -2.41. The first-order chi connectivity index (χ1) is 3.13. The molecule has 0 saturated heterocycles. The second kappa shape index (κ2) is 1.22. The molecule has 0 aromatic heterocycles. The fourth-order valence-corrected chi connectivity index (χ4v) is 0.888. The van der Waals surface area contributed by atoms with Crippen molar-refractivity contribution >= 4 is 0 Å². The largest absolute Gasteiger partial charge is 0.327 e. The highest BCUT2D eigenvalue weighted by atomic mass is 14.7. The van der Waals surface area contributed by atoms with Crippen molar-refractivity contribution in [3.05, 3.63) is 0 Å². The maximum Gasteiger partial charge on any atom is 0.00905 e. The Morgan fingerprint density at radius 1 is 1.57 bits per heavy atom. The number of hydrogen-bond donors (Lipinski definition) is 1. The van der Waals surface area contributed by atoms with Gasteiger partial charge in [0.05, 0.1) is 0 Å². The third kappa shape index (κ3) is 0.653. The second-order valence-electron chi connectivity index (χ2n) is 3.13. The van der Waals surface area contributed by atoms with E-state index in [1.165, 1.54) is 12.8 Å². The monoisotopic (exact) mass is 99.1 g/mol. The molecule has 0 aromatic rings. The van der Waals surface area contributed by atoms with Gasteiger partial charge in [0, 0.05) is 6.04 Å². The Hall–Kier alpha value is -0.0400. The predicted molar refractivity (Wildman–Crippen MR) is 31.0 cm³/mol. The Balaban J connectivity index is 2.43. The van der Waals surface area contributed by atoms with Crippen molar-refractivity contribution in [2.75, 3.05) is 0 Å². The SMILES string of the molecule is CC1(C)CCC1N. The second-order valence-corrected chi connectivity index (χ2v) is 3.13. The van der Waals surface area contributed by atoms with E-state index in [1.54, 1.807) is 0 Å². The maximum atomic E-state index is 5.66. The molecule has 42 valence electrons. The van der Waals surface area contributed by atoms with Crippen LogP contribution in [0.2, 0.25) is 0 Å². The van der Waals surface area contributed by atoms with E-state index in [0.717, 1.165) is 0 Å². The third-order valence-electron chi connectivity index (χ3n) is 2.10. The minimum atomic E-state index is 0.458. The molecule has 7 heavy (non-hydrogen) atoms. The van der Waals surface area contributed by atoms with Crippen LogP contribution >= 0.6 is 0 Å². The minimum Gasteiger partial charge on any atom is -0.327 e. The van der Waals surface area contributed by atoms with Crippen LogP contribution in [0, 0.1) is 5.41 Å². The quantitative estimate of drug-likeness (QED) is 0.484. The zero-order valence-electron chi connectivity index (χ0n) is 5.07. The van der Waals surface area contributed by atoms with Crippen LogP contribution in [0.1, 0.15) is 26.7 Å². The van der Waals surface area contributed by atoms with Crippen LogP contribution in [-0.2, 0) is 0 Å². The molecule has 1 heteroatoms. The highest BCUT2D eigenvalue weighted by molar-refractivity contribution is 4.91. The molecule has 0 radical (unpaired) electrons. The molecule has 1 aliphatic carbocycles. The molecule has 1 saturated carbocycles. The van der Waals surface area contributed by atoms with Crippen molar-refractivity contribution in [3.63, 3.8) is 0 Å². The van der Waals surface area contributed by atoms with Gasteiger partial charge in [-0.05, 0) is 18.3 Å². The molecule has 0 aliphatic heterocycles. The molecule has 0 spiro atoms. The lowest BCUT2D eigenvalue weighted by molar-refractivity contribution is 0.144. The molecule has 2 N–H and O–H groups in total. The molecule has 1 rings (SSSR count). The van der Waals surface area contributed by atoms with Crippen LogP contribution in [0.5, 0.6) is 0 Å². The van der Waals surface area contributed by atoms with Crippen LogP contribution in [0.25, 0.3) is 0 Å². The molecule has 0 bridgehead atoms. The fraction of sp³-hybridized carbons (Fsp3) is 1.00. The summed E-state index contributed by atoms with van der Waals surface area (Å²) in [5, 5.41) is 0. The smallest absolute Gasteiger partial charge is 0.00905 e. The topological polar surface area (TPSA) is 26.0 Å². The maximum absolute atomic E-state index is 5.66. The summed E-state index contributed by atoms with van der Waals surface area (Å²) in [6.07, 6.45) is 2.54. The van der Waals surface area contributed by atoms with Gasteiger partial charge in [-0.25, -0.2) is 0 Å². The van der Waals surface area contributed by atoms with Crippen molar-refractivity contribution < 1.29 is 0 Å². The van der Waals surface area contributed by atoms with Crippen LogP contribution in [0.15, 0.2) is 0 Å². The van der Waals surface area contributed by atoms with E-state index in [2.05, 4.69) is 13.8 Å². The summed E-state index contributed by atoms with van der Waals surface area (Å²) >= 11 is 0. The Bertz CT molecular complexity index is 76.2. The highest BCUT2D eigenvalue weighted by Gasteiger charge is 2.34. The average molecular weight is 99.2 g/mol. The summed E-state index contributed by atoms with van der Waals surface area (Å²) in [5.74, 6) is 0. The fourth-order valence-electron chi connectivity index (χ4n) is 0.888. The summed E-state index contributed by atoms with van der Waals surface area (Å²) in [6.45, 7) is 4.45. The molecule has 1 atom stereocenters. The van der Waals surface area contributed by atoms with Gasteiger partial charge in [0.1, 0.15) is 0 Å². The van der Waals surface area contributed by atoms with E-state index in [4.69, 9.17) is 5.73 Å². The summed E-state index contributed by atoms with van der Waals surface area (Å²) in [7, 11) is 0. The van der Waals surface area contributed by atoms with Gasteiger partial charge >= 0.3 is 0 Å². The van der Waals surface area contributed by atoms with Crippen molar-refractivity contribution in [1.29, 1.82) is 0 Å². The van der Waals surface area contributed by atoms with Gasteiger partial charge < -0.3 is 5.73 Å². The van der Waals surface area contributed by atoms with Crippen molar-refractivity contribution in [1.82, 2.24) is 0 Å². The van der Waals surface area contributed by atoms with E-state index >= 15 is 0 Å². The molecule has 1 fully saturated rings. The van der Waals surface area contributed by atoms with Gasteiger partial charge in [0.15, 0.2) is 0 Å². The van der Waals surface area contributed by atoms with Crippen LogP contribution < -0.4 is 5.73 Å². The Labute approximate surface area is 44.9 Å². The minimum absolute atomic E-state index is 0.458.